The van der Waals surface area contributed by atoms with Gasteiger partial charge in [0.2, 0.25) is 5.91 Å². The molecule has 1 aromatic carbocycles. The number of thiazole rings is 1. The first kappa shape index (κ1) is 20.5. The average molecular weight is 416 g/mol. The van der Waals surface area contributed by atoms with Gasteiger partial charge in [0.1, 0.15) is 6.54 Å². The largest absolute Gasteiger partial charge is 0.464 e. The van der Waals surface area contributed by atoms with Crippen LogP contribution >= 0.6 is 11.3 Å². The van der Waals surface area contributed by atoms with E-state index in [0.29, 0.717) is 28.4 Å². The summed E-state index contributed by atoms with van der Waals surface area (Å²) < 4.78 is 6.40. The van der Waals surface area contributed by atoms with Gasteiger partial charge in [-0.3, -0.25) is 14.9 Å². The lowest BCUT2D eigenvalue weighted by molar-refractivity contribution is -0.383. The van der Waals surface area contributed by atoms with Crippen molar-refractivity contribution in [3.8, 4) is 0 Å². The van der Waals surface area contributed by atoms with Crippen LogP contribution in [0, 0.1) is 16.0 Å². The van der Waals surface area contributed by atoms with Crippen LogP contribution in [0.5, 0.6) is 0 Å². The molecule has 152 valence electrons. The second kappa shape index (κ2) is 8.39. The lowest BCUT2D eigenvalue weighted by Crippen LogP contribution is -2.18. The van der Waals surface area contributed by atoms with Gasteiger partial charge in [-0.2, -0.15) is 0 Å². The van der Waals surface area contributed by atoms with E-state index < -0.39 is 10.9 Å². The Balaban J connectivity index is 1.80. The Morgan fingerprint density at radius 1 is 1.34 bits per heavy atom. The van der Waals surface area contributed by atoms with Crippen molar-refractivity contribution >= 4 is 44.9 Å². The number of nitrogens with zero attached hydrogens (tertiary/aromatic N) is 3. The zero-order chi connectivity index (χ0) is 21.1. The summed E-state index contributed by atoms with van der Waals surface area (Å²) in [6.45, 7) is 4.00. The number of anilines is 1. The van der Waals surface area contributed by atoms with E-state index in [9.17, 15) is 19.7 Å². The predicted molar refractivity (Wildman–Crippen MR) is 109 cm³/mol. The number of nitrogens with one attached hydrogen (secondary N) is 1. The van der Waals surface area contributed by atoms with Crippen LogP contribution in [0.1, 0.15) is 29.2 Å². The summed E-state index contributed by atoms with van der Waals surface area (Å²) in [5.74, 6) is -0.583. The number of benzene rings is 1. The van der Waals surface area contributed by atoms with Crippen LogP contribution in [0.4, 0.5) is 10.8 Å². The van der Waals surface area contributed by atoms with E-state index in [2.05, 4.69) is 10.3 Å². The molecule has 0 aliphatic heterocycles. The van der Waals surface area contributed by atoms with Crippen LogP contribution in [-0.2, 0) is 22.5 Å². The minimum absolute atomic E-state index is 0.0115. The highest BCUT2D eigenvalue weighted by molar-refractivity contribution is 7.16. The fourth-order valence-electron chi connectivity index (χ4n) is 2.99. The van der Waals surface area contributed by atoms with Gasteiger partial charge in [-0.05, 0) is 24.5 Å². The SMILES string of the molecule is COC(=O)c1nc(NC(=O)Cn2ccc3c([N+](=O)[O-])cccc32)sc1CC(C)C. The van der Waals surface area contributed by atoms with Crippen molar-refractivity contribution < 1.29 is 19.2 Å². The predicted octanol–water partition coefficient (Wildman–Crippen LogP) is 3.63. The molecular weight excluding hydrogens is 396 g/mol. The second-order valence-corrected chi connectivity index (χ2v) is 7.92. The lowest BCUT2D eigenvalue weighted by atomic mass is 10.1. The number of hydrogen-bond donors (Lipinski definition) is 1. The van der Waals surface area contributed by atoms with Gasteiger partial charge in [0.15, 0.2) is 10.8 Å². The summed E-state index contributed by atoms with van der Waals surface area (Å²) in [4.78, 5) is 40.1. The Morgan fingerprint density at radius 2 is 2.10 bits per heavy atom. The van der Waals surface area contributed by atoms with Crippen LogP contribution in [0.3, 0.4) is 0 Å². The number of nitro benzene ring substituents is 1. The first-order valence-corrected chi connectivity index (χ1v) is 9.72. The molecule has 0 unspecified atom stereocenters. The van der Waals surface area contributed by atoms with Crippen molar-refractivity contribution in [2.24, 2.45) is 5.92 Å². The first-order valence-electron chi connectivity index (χ1n) is 8.90. The Labute approximate surface area is 170 Å². The summed E-state index contributed by atoms with van der Waals surface area (Å²) in [6, 6.07) is 6.33. The minimum Gasteiger partial charge on any atom is -0.464 e. The van der Waals surface area contributed by atoms with Crippen LogP contribution < -0.4 is 5.32 Å². The lowest BCUT2D eigenvalue weighted by Gasteiger charge is -2.05. The van der Waals surface area contributed by atoms with E-state index in [-0.39, 0.29) is 23.8 Å². The summed E-state index contributed by atoms with van der Waals surface area (Å²) in [6.07, 6.45) is 2.27. The van der Waals surface area contributed by atoms with Gasteiger partial charge in [0, 0.05) is 17.1 Å². The molecule has 3 rings (SSSR count). The number of fused-ring (bicyclic) bond motifs is 1. The zero-order valence-electron chi connectivity index (χ0n) is 16.2. The molecule has 0 fully saturated rings. The molecule has 0 radical (unpaired) electrons. The molecule has 0 saturated carbocycles. The van der Waals surface area contributed by atoms with Gasteiger partial charge in [0.25, 0.3) is 5.69 Å². The van der Waals surface area contributed by atoms with Crippen LogP contribution in [0.2, 0.25) is 0 Å². The molecule has 0 bridgehead atoms. The fraction of sp³-hybridized carbons (Fsp3) is 0.316. The standard InChI is InChI=1S/C19H20N4O5S/c1-11(2)9-15-17(18(25)28-3)21-19(29-15)20-16(24)10-22-8-7-12-13(22)5-4-6-14(12)23(26)27/h4-8,11H,9-10H2,1-3H3,(H,20,21,24). The van der Waals surface area contributed by atoms with E-state index in [0.717, 1.165) is 4.88 Å². The van der Waals surface area contributed by atoms with Crippen LogP contribution in [-0.4, -0.2) is 33.5 Å². The number of esters is 1. The van der Waals surface area contributed by atoms with E-state index in [1.807, 2.05) is 13.8 Å². The third kappa shape index (κ3) is 4.43. The molecule has 0 spiro atoms. The molecule has 0 aliphatic rings. The molecule has 10 heteroatoms. The zero-order valence-corrected chi connectivity index (χ0v) is 17.0. The molecule has 0 aliphatic carbocycles. The molecule has 0 saturated heterocycles. The number of rotatable bonds is 7. The number of ether oxygens (including phenoxy) is 1. The Hall–Kier alpha value is -3.27. The summed E-state index contributed by atoms with van der Waals surface area (Å²) in [5, 5.41) is 14.6. The van der Waals surface area contributed by atoms with Crippen molar-refractivity contribution in [1.29, 1.82) is 0 Å². The smallest absolute Gasteiger partial charge is 0.357 e. The normalized spacial score (nSPS) is 11.0. The van der Waals surface area contributed by atoms with Gasteiger partial charge >= 0.3 is 5.97 Å². The molecular formula is C19H20N4O5S. The average Bonchev–Trinajstić information content (AvgIpc) is 3.24. The highest BCUT2D eigenvalue weighted by atomic mass is 32.1. The second-order valence-electron chi connectivity index (χ2n) is 6.84. The number of nitro groups is 1. The van der Waals surface area contributed by atoms with Crippen molar-refractivity contribution in [2.45, 2.75) is 26.8 Å². The number of methoxy groups -OCH3 is 1. The minimum atomic E-state index is -0.541. The van der Waals surface area contributed by atoms with Gasteiger partial charge in [-0.15, -0.1) is 11.3 Å². The monoisotopic (exact) mass is 416 g/mol. The van der Waals surface area contributed by atoms with Crippen molar-refractivity contribution in [2.75, 3.05) is 12.4 Å². The summed E-state index contributed by atoms with van der Waals surface area (Å²) >= 11 is 1.24. The van der Waals surface area contributed by atoms with Gasteiger partial charge in [-0.1, -0.05) is 19.9 Å². The first-order chi connectivity index (χ1) is 13.8. The molecule has 0 atom stereocenters. The van der Waals surface area contributed by atoms with Crippen LogP contribution in [0.25, 0.3) is 10.9 Å². The van der Waals surface area contributed by atoms with E-state index in [1.54, 1.807) is 29.0 Å². The van der Waals surface area contributed by atoms with Crippen molar-refractivity contribution in [3.63, 3.8) is 0 Å². The highest BCUT2D eigenvalue weighted by Crippen LogP contribution is 2.28. The number of non-ortho nitro benzene ring substituents is 1. The molecule has 1 N–H and O–H groups in total. The maximum absolute atomic E-state index is 12.5. The Morgan fingerprint density at radius 3 is 2.76 bits per heavy atom. The topological polar surface area (TPSA) is 116 Å². The van der Waals surface area contributed by atoms with Crippen molar-refractivity contribution in [3.05, 3.63) is 51.1 Å². The molecule has 29 heavy (non-hydrogen) atoms. The third-order valence-electron chi connectivity index (χ3n) is 4.22. The maximum atomic E-state index is 12.5. The van der Waals surface area contributed by atoms with Crippen molar-refractivity contribution in [1.82, 2.24) is 9.55 Å². The van der Waals surface area contributed by atoms with Crippen LogP contribution in [0.15, 0.2) is 30.5 Å². The van der Waals surface area contributed by atoms with Gasteiger partial charge in [-0.25, -0.2) is 9.78 Å². The highest BCUT2D eigenvalue weighted by Gasteiger charge is 2.21. The Bertz CT molecular complexity index is 1090. The number of aromatic nitrogens is 2. The number of carbonyl (C=O) groups is 2. The quantitative estimate of drug-likeness (QED) is 0.357. The Kier molecular flexibility index (Phi) is 5.92. The van der Waals surface area contributed by atoms with E-state index in [1.165, 1.54) is 24.5 Å². The third-order valence-corrected chi connectivity index (χ3v) is 5.21. The number of carbonyl (C=O) groups excluding carboxylic acids is 2. The maximum Gasteiger partial charge on any atom is 0.357 e. The summed E-state index contributed by atoms with van der Waals surface area (Å²) in [7, 11) is 1.29. The molecule has 3 aromatic rings. The summed E-state index contributed by atoms with van der Waals surface area (Å²) in [5.41, 5.74) is 0.787. The number of amides is 1. The molecule has 9 nitrogen and oxygen atoms in total. The molecule has 2 aromatic heterocycles. The van der Waals surface area contributed by atoms with E-state index >= 15 is 0 Å². The number of hydrogen-bond acceptors (Lipinski definition) is 7. The molecule has 1 amide bonds. The molecule has 2 heterocycles. The van der Waals surface area contributed by atoms with Gasteiger partial charge < -0.3 is 14.6 Å². The van der Waals surface area contributed by atoms with E-state index in [4.69, 9.17) is 4.74 Å². The fourth-order valence-corrected chi connectivity index (χ4v) is 4.17. The van der Waals surface area contributed by atoms with Gasteiger partial charge in [0.05, 0.1) is 22.9 Å².